The van der Waals surface area contributed by atoms with Crippen LogP contribution in [0.5, 0.6) is 5.75 Å². The molecule has 0 aliphatic heterocycles. The smallest absolute Gasteiger partial charge is 0.327 e. The molecular weight excluding hydrogens is 307 g/mol. The number of anilines is 1. The van der Waals surface area contributed by atoms with Crippen LogP contribution < -0.4 is 10.1 Å². The molecule has 0 fully saturated rings. The molecule has 2 aromatic rings. The molecule has 2 N–H and O–H groups in total. The van der Waals surface area contributed by atoms with E-state index in [1.165, 1.54) is 31.0 Å². The number of ether oxygens (including phenoxy) is 1. The highest BCUT2D eigenvalue weighted by Crippen LogP contribution is 2.33. The van der Waals surface area contributed by atoms with Gasteiger partial charge in [-0.1, -0.05) is 0 Å². The van der Waals surface area contributed by atoms with Crippen molar-refractivity contribution >= 4 is 11.4 Å². The Hall–Kier alpha value is -2.68. The van der Waals surface area contributed by atoms with Crippen LogP contribution in [0.1, 0.15) is 12.5 Å². The second-order valence-electron chi connectivity index (χ2n) is 5.29. The third-order valence-electron chi connectivity index (χ3n) is 3.41. The molecule has 1 aromatic heterocycles. The summed E-state index contributed by atoms with van der Waals surface area (Å²) in [6.45, 7) is 1.45. The summed E-state index contributed by atoms with van der Waals surface area (Å²) in [5, 5.41) is 28.2. The molecule has 1 heterocycles. The fraction of sp³-hybridized carbons (Fsp3) is 0.357. The Balaban J connectivity index is 2.29. The van der Waals surface area contributed by atoms with Crippen molar-refractivity contribution in [3.05, 3.63) is 46.0 Å². The number of nitrogens with one attached hydrogen (secondary N) is 1. The zero-order valence-corrected chi connectivity index (χ0v) is 12.9. The minimum atomic E-state index is -1.35. The zero-order valence-electron chi connectivity index (χ0n) is 12.9. The van der Waals surface area contributed by atoms with Crippen molar-refractivity contribution in [3.63, 3.8) is 0 Å². The number of benzene rings is 1. The van der Waals surface area contributed by atoms with Gasteiger partial charge in [-0.15, -0.1) is 0 Å². The first-order valence-corrected chi connectivity index (χ1v) is 6.72. The molecule has 0 aliphatic carbocycles. The Kier molecular flexibility index (Phi) is 4.50. The molecule has 1 atom stereocenters. The summed E-state index contributed by atoms with van der Waals surface area (Å²) in [4.78, 5) is 10.2. The molecule has 0 saturated carbocycles. The van der Waals surface area contributed by atoms with E-state index < -0.39 is 22.0 Å². The maximum atomic E-state index is 13.9. The first-order chi connectivity index (χ1) is 10.7. The molecule has 1 aromatic carbocycles. The molecule has 0 saturated heterocycles. The van der Waals surface area contributed by atoms with Crippen LogP contribution in [0.25, 0.3) is 0 Å². The van der Waals surface area contributed by atoms with Crippen LogP contribution in [0.2, 0.25) is 0 Å². The summed E-state index contributed by atoms with van der Waals surface area (Å²) in [7, 11) is 3.03. The number of aliphatic hydroxyl groups is 1. The summed E-state index contributed by atoms with van der Waals surface area (Å²) >= 11 is 0. The van der Waals surface area contributed by atoms with E-state index in [0.29, 0.717) is 5.56 Å². The molecule has 2 rings (SSSR count). The van der Waals surface area contributed by atoms with Crippen molar-refractivity contribution in [2.45, 2.75) is 12.5 Å². The van der Waals surface area contributed by atoms with Crippen LogP contribution in [0.15, 0.2) is 24.5 Å². The van der Waals surface area contributed by atoms with Gasteiger partial charge in [0.05, 0.1) is 18.2 Å². The summed E-state index contributed by atoms with van der Waals surface area (Å²) in [5.74, 6) is -0.880. The molecule has 0 aliphatic rings. The standard InChI is InChI=1S/C14H17FN4O4/c1-14(20,9-6-17-18(2)7-9)8-16-12-5-10(23-3)4-11(15)13(12)19(21)22/h4-7,16,20H,8H2,1-3H3. The van der Waals surface area contributed by atoms with Gasteiger partial charge in [0.25, 0.3) is 0 Å². The molecule has 1 unspecified atom stereocenters. The average Bonchev–Trinajstić information content (AvgIpc) is 2.91. The molecule has 124 valence electrons. The van der Waals surface area contributed by atoms with Crippen molar-refractivity contribution in [3.8, 4) is 5.75 Å². The van der Waals surface area contributed by atoms with Crippen LogP contribution in [0.4, 0.5) is 15.8 Å². The second kappa shape index (κ2) is 6.21. The average molecular weight is 324 g/mol. The predicted octanol–water partition coefficient (Wildman–Crippen LogP) is 1.80. The fourth-order valence-corrected chi connectivity index (χ4v) is 2.08. The van der Waals surface area contributed by atoms with Crippen molar-refractivity contribution in [2.75, 3.05) is 19.0 Å². The third-order valence-corrected chi connectivity index (χ3v) is 3.41. The third kappa shape index (κ3) is 3.57. The number of nitrogens with zero attached hydrogens (tertiary/aromatic N) is 3. The van der Waals surface area contributed by atoms with Gasteiger partial charge in [-0.2, -0.15) is 9.49 Å². The highest BCUT2D eigenvalue weighted by molar-refractivity contribution is 5.65. The summed E-state index contributed by atoms with van der Waals surface area (Å²) in [6, 6.07) is 2.24. The van der Waals surface area contributed by atoms with E-state index in [9.17, 15) is 19.6 Å². The van der Waals surface area contributed by atoms with Crippen LogP contribution in [0.3, 0.4) is 0 Å². The number of methoxy groups -OCH3 is 1. The number of nitro groups is 1. The molecular formula is C14H17FN4O4. The van der Waals surface area contributed by atoms with E-state index in [1.807, 2.05) is 0 Å². The monoisotopic (exact) mass is 324 g/mol. The van der Waals surface area contributed by atoms with Gasteiger partial charge in [-0.3, -0.25) is 14.8 Å². The van der Waals surface area contributed by atoms with Gasteiger partial charge < -0.3 is 15.2 Å². The van der Waals surface area contributed by atoms with Crippen LogP contribution in [-0.4, -0.2) is 33.5 Å². The molecule has 0 amide bonds. The molecule has 0 bridgehead atoms. The Morgan fingerprint density at radius 1 is 1.57 bits per heavy atom. The highest BCUT2D eigenvalue weighted by Gasteiger charge is 2.28. The van der Waals surface area contributed by atoms with Crippen LogP contribution in [-0.2, 0) is 12.6 Å². The first-order valence-electron chi connectivity index (χ1n) is 6.72. The van der Waals surface area contributed by atoms with E-state index in [-0.39, 0.29) is 18.0 Å². The van der Waals surface area contributed by atoms with E-state index in [2.05, 4.69) is 10.4 Å². The van der Waals surface area contributed by atoms with E-state index in [4.69, 9.17) is 4.74 Å². The topological polar surface area (TPSA) is 102 Å². The molecule has 9 heteroatoms. The van der Waals surface area contributed by atoms with Gasteiger partial charge in [0.15, 0.2) is 0 Å². The number of hydrogen-bond acceptors (Lipinski definition) is 6. The lowest BCUT2D eigenvalue weighted by molar-refractivity contribution is -0.386. The second-order valence-corrected chi connectivity index (χ2v) is 5.29. The van der Waals surface area contributed by atoms with E-state index in [0.717, 1.165) is 6.07 Å². The Morgan fingerprint density at radius 3 is 2.78 bits per heavy atom. The molecule has 23 heavy (non-hydrogen) atoms. The van der Waals surface area contributed by atoms with Crippen molar-refractivity contribution in [2.24, 2.45) is 7.05 Å². The number of aryl methyl sites for hydroxylation is 1. The molecule has 0 radical (unpaired) electrons. The normalized spacial score (nSPS) is 13.4. The van der Waals surface area contributed by atoms with E-state index in [1.54, 1.807) is 13.2 Å². The lowest BCUT2D eigenvalue weighted by Gasteiger charge is -2.23. The summed E-state index contributed by atoms with van der Waals surface area (Å²) in [5.41, 5.74) is -1.59. The van der Waals surface area contributed by atoms with Gasteiger partial charge in [0.2, 0.25) is 5.82 Å². The number of hydrogen-bond donors (Lipinski definition) is 2. The van der Waals surface area contributed by atoms with Gasteiger partial charge in [-0.05, 0) is 6.92 Å². The van der Waals surface area contributed by atoms with Crippen molar-refractivity contribution in [1.82, 2.24) is 9.78 Å². The Bertz CT molecular complexity index is 730. The lowest BCUT2D eigenvalue weighted by atomic mass is 9.99. The number of rotatable bonds is 6. The SMILES string of the molecule is COc1cc(F)c([N+](=O)[O-])c(NCC(C)(O)c2cnn(C)c2)c1. The zero-order chi connectivity index (χ0) is 17.2. The number of aromatic nitrogens is 2. The maximum absolute atomic E-state index is 13.9. The number of halogens is 1. The van der Waals surface area contributed by atoms with Gasteiger partial charge in [0.1, 0.15) is 17.0 Å². The predicted molar refractivity (Wildman–Crippen MR) is 80.9 cm³/mol. The Morgan fingerprint density at radius 2 is 2.26 bits per heavy atom. The summed E-state index contributed by atoms with van der Waals surface area (Å²) in [6.07, 6.45) is 3.12. The maximum Gasteiger partial charge on any atom is 0.327 e. The fourth-order valence-electron chi connectivity index (χ4n) is 2.08. The lowest BCUT2D eigenvalue weighted by Crippen LogP contribution is -2.30. The van der Waals surface area contributed by atoms with Gasteiger partial charge >= 0.3 is 5.69 Å². The molecule has 8 nitrogen and oxygen atoms in total. The Labute approximate surface area is 131 Å². The minimum Gasteiger partial charge on any atom is -0.497 e. The summed E-state index contributed by atoms with van der Waals surface area (Å²) < 4.78 is 20.3. The molecule has 0 spiro atoms. The highest BCUT2D eigenvalue weighted by atomic mass is 19.1. The van der Waals surface area contributed by atoms with E-state index >= 15 is 0 Å². The van der Waals surface area contributed by atoms with Crippen molar-refractivity contribution < 1.29 is 19.2 Å². The number of nitro benzene ring substituents is 1. The van der Waals surface area contributed by atoms with Gasteiger partial charge in [0, 0.05) is 37.5 Å². The van der Waals surface area contributed by atoms with Crippen LogP contribution in [0, 0.1) is 15.9 Å². The minimum absolute atomic E-state index is 0.0731. The van der Waals surface area contributed by atoms with Crippen LogP contribution >= 0.6 is 0 Å². The van der Waals surface area contributed by atoms with Gasteiger partial charge in [-0.25, -0.2) is 0 Å². The first kappa shape index (κ1) is 16.7. The quantitative estimate of drug-likeness (QED) is 0.620. The largest absolute Gasteiger partial charge is 0.497 e. The van der Waals surface area contributed by atoms with Crippen molar-refractivity contribution in [1.29, 1.82) is 0 Å².